The first-order chi connectivity index (χ1) is 11.4. The lowest BCUT2D eigenvalue weighted by Crippen LogP contribution is -2.47. The Hall–Kier alpha value is -2.87. The van der Waals surface area contributed by atoms with Gasteiger partial charge in [0.2, 0.25) is 0 Å². The molecular formula is C15H13ClN4O4. The molecule has 0 unspecified atom stereocenters. The lowest BCUT2D eigenvalue weighted by molar-refractivity contribution is -0.136. The first-order valence-corrected chi connectivity index (χ1v) is 7.35. The minimum absolute atomic E-state index is 0.00466. The average Bonchev–Trinajstić information content (AvgIpc) is 2.54. The van der Waals surface area contributed by atoms with E-state index in [2.05, 4.69) is 15.6 Å². The van der Waals surface area contributed by atoms with Crippen LogP contribution in [0.5, 0.6) is 0 Å². The van der Waals surface area contributed by atoms with Gasteiger partial charge in [0.25, 0.3) is 5.56 Å². The van der Waals surface area contributed by atoms with Gasteiger partial charge in [-0.25, -0.2) is 14.6 Å². The topological polar surface area (TPSA) is 102 Å². The average molecular weight is 349 g/mol. The molecule has 1 aliphatic heterocycles. The van der Waals surface area contributed by atoms with Crippen molar-refractivity contribution in [2.75, 3.05) is 7.11 Å². The molecule has 2 N–H and O–H groups in total. The van der Waals surface area contributed by atoms with Crippen LogP contribution in [0.25, 0.3) is 5.65 Å². The molecule has 0 aromatic carbocycles. The molecule has 0 fully saturated rings. The summed E-state index contributed by atoms with van der Waals surface area (Å²) in [5.41, 5.74) is 0.247. The third kappa shape index (κ3) is 2.50. The van der Waals surface area contributed by atoms with Gasteiger partial charge in [0.05, 0.1) is 24.3 Å². The molecule has 2 amide bonds. The van der Waals surface area contributed by atoms with Crippen LogP contribution in [0.1, 0.15) is 18.5 Å². The molecule has 0 spiro atoms. The molecule has 0 saturated carbocycles. The van der Waals surface area contributed by atoms with Crippen molar-refractivity contribution in [3.8, 4) is 0 Å². The Morgan fingerprint density at radius 3 is 2.83 bits per heavy atom. The van der Waals surface area contributed by atoms with E-state index in [0.717, 1.165) is 0 Å². The number of carbonyl (C=O) groups excluding carboxylic acids is 2. The van der Waals surface area contributed by atoms with Gasteiger partial charge in [0.15, 0.2) is 0 Å². The number of pyridine rings is 1. The van der Waals surface area contributed by atoms with E-state index in [1.165, 1.54) is 24.6 Å². The highest BCUT2D eigenvalue weighted by Gasteiger charge is 2.35. The lowest BCUT2D eigenvalue weighted by Gasteiger charge is -2.27. The van der Waals surface area contributed by atoms with Crippen molar-refractivity contribution >= 4 is 29.2 Å². The zero-order chi connectivity index (χ0) is 17.4. The van der Waals surface area contributed by atoms with Crippen LogP contribution in [0.4, 0.5) is 4.79 Å². The second kappa shape index (κ2) is 5.97. The number of allylic oxidation sites excluding steroid dienone is 1. The number of esters is 1. The van der Waals surface area contributed by atoms with Gasteiger partial charge < -0.3 is 15.4 Å². The number of hydrogen-bond acceptors (Lipinski definition) is 5. The summed E-state index contributed by atoms with van der Waals surface area (Å²) < 4.78 is 6.05. The molecule has 2 aromatic rings. The predicted molar refractivity (Wildman–Crippen MR) is 85.6 cm³/mol. The van der Waals surface area contributed by atoms with Crippen molar-refractivity contribution in [3.05, 3.63) is 56.7 Å². The van der Waals surface area contributed by atoms with E-state index < -0.39 is 23.6 Å². The Morgan fingerprint density at radius 2 is 2.12 bits per heavy atom. The summed E-state index contributed by atoms with van der Waals surface area (Å²) >= 11 is 6.18. The summed E-state index contributed by atoms with van der Waals surface area (Å²) in [6.07, 6.45) is 1.53. The number of aromatic nitrogens is 2. The van der Waals surface area contributed by atoms with Gasteiger partial charge in [-0.15, -0.1) is 0 Å². The maximum absolute atomic E-state index is 12.8. The molecule has 3 rings (SSSR count). The van der Waals surface area contributed by atoms with Crippen LogP contribution < -0.4 is 16.2 Å². The fourth-order valence-electron chi connectivity index (χ4n) is 2.61. The molecule has 3 heterocycles. The van der Waals surface area contributed by atoms with Gasteiger partial charge in [-0.2, -0.15) is 0 Å². The summed E-state index contributed by atoms with van der Waals surface area (Å²) in [5, 5.41) is 4.91. The summed E-state index contributed by atoms with van der Waals surface area (Å²) in [6.45, 7) is 1.54. The molecule has 8 nitrogen and oxygen atoms in total. The highest BCUT2D eigenvalue weighted by molar-refractivity contribution is 6.30. The van der Waals surface area contributed by atoms with E-state index in [4.69, 9.17) is 16.3 Å². The molecule has 9 heteroatoms. The summed E-state index contributed by atoms with van der Waals surface area (Å²) in [5.74, 6) is -0.682. The summed E-state index contributed by atoms with van der Waals surface area (Å²) in [4.78, 5) is 40.9. The monoisotopic (exact) mass is 348 g/mol. The van der Waals surface area contributed by atoms with Gasteiger partial charge in [0, 0.05) is 11.9 Å². The number of methoxy groups -OCH3 is 1. The fraction of sp³-hybridized carbons (Fsp3) is 0.200. The molecule has 1 aliphatic rings. The largest absolute Gasteiger partial charge is 0.466 e. The van der Waals surface area contributed by atoms with Gasteiger partial charge in [0.1, 0.15) is 10.8 Å². The first-order valence-electron chi connectivity index (χ1n) is 6.97. The number of nitrogens with one attached hydrogen (secondary N) is 2. The fourth-order valence-corrected chi connectivity index (χ4v) is 2.89. The van der Waals surface area contributed by atoms with Crippen molar-refractivity contribution in [1.82, 2.24) is 20.0 Å². The van der Waals surface area contributed by atoms with Crippen LogP contribution in [0.3, 0.4) is 0 Å². The normalized spacial score (nSPS) is 17.5. The van der Waals surface area contributed by atoms with Gasteiger partial charge in [-0.1, -0.05) is 17.7 Å². The smallest absolute Gasteiger partial charge is 0.337 e. The molecule has 0 radical (unpaired) electrons. The Balaban J connectivity index is 2.28. The maximum atomic E-state index is 12.8. The van der Waals surface area contributed by atoms with Gasteiger partial charge in [-0.3, -0.25) is 9.20 Å². The SMILES string of the molecule is COC(=O)C1=C(C)NC(=O)N[C@@H]1c1c(Cl)nc2ccccn2c1=O. The van der Waals surface area contributed by atoms with Crippen molar-refractivity contribution in [2.24, 2.45) is 0 Å². The second-order valence-electron chi connectivity index (χ2n) is 5.11. The molecule has 2 aromatic heterocycles. The van der Waals surface area contributed by atoms with Crippen LogP contribution >= 0.6 is 11.6 Å². The Morgan fingerprint density at radius 1 is 1.38 bits per heavy atom. The number of carbonyl (C=O) groups is 2. The number of urea groups is 1. The van der Waals surface area contributed by atoms with E-state index in [1.54, 1.807) is 18.2 Å². The quantitative estimate of drug-likeness (QED) is 0.626. The van der Waals surface area contributed by atoms with Crippen molar-refractivity contribution < 1.29 is 14.3 Å². The van der Waals surface area contributed by atoms with Crippen molar-refractivity contribution in [1.29, 1.82) is 0 Å². The highest BCUT2D eigenvalue weighted by atomic mass is 35.5. The summed E-state index contributed by atoms with van der Waals surface area (Å²) in [6, 6.07) is 3.39. The molecule has 124 valence electrons. The number of fused-ring (bicyclic) bond motifs is 1. The van der Waals surface area contributed by atoms with Crippen molar-refractivity contribution in [3.63, 3.8) is 0 Å². The number of rotatable bonds is 2. The number of ether oxygens (including phenoxy) is 1. The standard InChI is InChI=1S/C15H13ClN4O4/c1-7-9(14(22)24-2)11(19-15(23)17-7)10-12(16)18-8-5-3-4-6-20(8)13(10)21/h3-6,11H,1-2H3,(H2,17,19,23)/t11-/m0/s1. The zero-order valence-electron chi connectivity index (χ0n) is 12.8. The van der Waals surface area contributed by atoms with E-state index in [0.29, 0.717) is 5.65 Å². The third-order valence-electron chi connectivity index (χ3n) is 3.69. The Bertz CT molecular complexity index is 950. The van der Waals surface area contributed by atoms with Crippen LogP contribution in [0, 0.1) is 0 Å². The van der Waals surface area contributed by atoms with E-state index in [9.17, 15) is 14.4 Å². The lowest BCUT2D eigenvalue weighted by atomic mass is 9.97. The zero-order valence-corrected chi connectivity index (χ0v) is 13.5. The number of halogens is 1. The van der Waals surface area contributed by atoms with Crippen LogP contribution in [0.15, 0.2) is 40.5 Å². The van der Waals surface area contributed by atoms with E-state index in [-0.39, 0.29) is 22.0 Å². The molecule has 0 saturated heterocycles. The van der Waals surface area contributed by atoms with Crippen LogP contribution in [-0.4, -0.2) is 28.5 Å². The maximum Gasteiger partial charge on any atom is 0.337 e. The van der Waals surface area contributed by atoms with E-state index >= 15 is 0 Å². The second-order valence-corrected chi connectivity index (χ2v) is 5.47. The Labute approximate surface area is 141 Å². The number of nitrogens with zero attached hydrogens (tertiary/aromatic N) is 2. The summed E-state index contributed by atoms with van der Waals surface area (Å²) in [7, 11) is 1.21. The molecule has 1 atom stereocenters. The van der Waals surface area contributed by atoms with Crippen molar-refractivity contribution in [2.45, 2.75) is 13.0 Å². The highest BCUT2D eigenvalue weighted by Crippen LogP contribution is 2.29. The molecule has 0 bridgehead atoms. The molecular weight excluding hydrogens is 336 g/mol. The van der Waals surface area contributed by atoms with Gasteiger partial charge >= 0.3 is 12.0 Å². The predicted octanol–water partition coefficient (Wildman–Crippen LogP) is 1.15. The third-order valence-corrected chi connectivity index (χ3v) is 3.97. The first kappa shape index (κ1) is 16.0. The minimum Gasteiger partial charge on any atom is -0.466 e. The van der Waals surface area contributed by atoms with E-state index in [1.807, 2.05) is 0 Å². The number of hydrogen-bond donors (Lipinski definition) is 2. The van der Waals surface area contributed by atoms with Crippen LogP contribution in [0.2, 0.25) is 5.15 Å². The van der Waals surface area contributed by atoms with Gasteiger partial charge in [-0.05, 0) is 19.1 Å². The minimum atomic E-state index is -1.06. The molecule has 24 heavy (non-hydrogen) atoms. The Kier molecular flexibility index (Phi) is 3.98. The molecule has 0 aliphatic carbocycles. The van der Waals surface area contributed by atoms with Crippen LogP contribution in [-0.2, 0) is 9.53 Å². The number of amides is 2.